The fraction of sp³-hybridized carbons (Fsp3) is 0.421. The summed E-state index contributed by atoms with van der Waals surface area (Å²) in [5.41, 5.74) is 1.66. The summed E-state index contributed by atoms with van der Waals surface area (Å²) < 4.78 is 4.78. The van der Waals surface area contributed by atoms with Crippen molar-refractivity contribution in [3.8, 4) is 11.3 Å². The number of methoxy groups -OCH3 is 1. The topological polar surface area (TPSA) is 68.3 Å². The van der Waals surface area contributed by atoms with Crippen LogP contribution in [0.25, 0.3) is 11.3 Å². The highest BCUT2D eigenvalue weighted by Crippen LogP contribution is 2.33. The highest BCUT2D eigenvalue weighted by molar-refractivity contribution is 7.16. The van der Waals surface area contributed by atoms with Crippen molar-refractivity contribution in [2.24, 2.45) is 5.92 Å². The summed E-state index contributed by atoms with van der Waals surface area (Å²) in [5.74, 6) is -0.203. The highest BCUT2D eigenvalue weighted by atomic mass is 32.1. The molecular weight excluding hydrogens is 336 g/mol. The highest BCUT2D eigenvalue weighted by Gasteiger charge is 2.23. The first kappa shape index (κ1) is 17.6. The molecule has 1 heterocycles. The number of nitrogens with one attached hydrogen (secondary N) is 1. The zero-order chi connectivity index (χ0) is 17.6. The van der Waals surface area contributed by atoms with Gasteiger partial charge in [0.1, 0.15) is 0 Å². The van der Waals surface area contributed by atoms with Crippen molar-refractivity contribution in [3.05, 3.63) is 35.2 Å². The van der Waals surface area contributed by atoms with Gasteiger partial charge >= 0.3 is 5.97 Å². The molecule has 1 aromatic carbocycles. The minimum Gasteiger partial charge on any atom is -0.469 e. The van der Waals surface area contributed by atoms with Gasteiger partial charge in [-0.2, -0.15) is 0 Å². The van der Waals surface area contributed by atoms with Gasteiger partial charge in [-0.05, 0) is 12.8 Å². The molecule has 1 aromatic heterocycles. The molecule has 1 fully saturated rings. The van der Waals surface area contributed by atoms with E-state index >= 15 is 0 Å². The summed E-state index contributed by atoms with van der Waals surface area (Å²) in [7, 11) is 1.37. The minimum atomic E-state index is -0.314. The van der Waals surface area contributed by atoms with E-state index in [-0.39, 0.29) is 24.2 Å². The Morgan fingerprint density at radius 2 is 1.92 bits per heavy atom. The molecule has 0 unspecified atom stereocenters. The average molecular weight is 358 g/mol. The SMILES string of the molecule is COC(=O)Cc1sc(NC(=O)C2CCCCC2)nc1-c1ccccc1. The van der Waals surface area contributed by atoms with Gasteiger partial charge in [0.2, 0.25) is 5.91 Å². The lowest BCUT2D eigenvalue weighted by molar-refractivity contribution is -0.139. The third kappa shape index (κ3) is 4.45. The van der Waals surface area contributed by atoms with Crippen LogP contribution in [-0.4, -0.2) is 24.0 Å². The van der Waals surface area contributed by atoms with Crippen molar-refractivity contribution in [2.75, 3.05) is 12.4 Å². The molecule has 5 nitrogen and oxygen atoms in total. The number of carbonyl (C=O) groups excluding carboxylic acids is 2. The van der Waals surface area contributed by atoms with E-state index in [4.69, 9.17) is 4.74 Å². The molecule has 0 atom stereocenters. The maximum absolute atomic E-state index is 12.5. The van der Waals surface area contributed by atoms with Gasteiger partial charge in [0.15, 0.2) is 5.13 Å². The van der Waals surface area contributed by atoms with Crippen LogP contribution in [0.15, 0.2) is 30.3 Å². The molecular formula is C19H22N2O3S. The number of benzene rings is 1. The van der Waals surface area contributed by atoms with E-state index in [1.54, 1.807) is 0 Å². The van der Waals surface area contributed by atoms with Crippen molar-refractivity contribution in [2.45, 2.75) is 38.5 Å². The van der Waals surface area contributed by atoms with Gasteiger partial charge in [-0.3, -0.25) is 9.59 Å². The van der Waals surface area contributed by atoms with E-state index in [2.05, 4.69) is 10.3 Å². The quantitative estimate of drug-likeness (QED) is 0.819. The lowest BCUT2D eigenvalue weighted by atomic mass is 9.89. The fourth-order valence-corrected chi connectivity index (χ4v) is 4.09. The standard InChI is InChI=1S/C19H22N2O3S/c1-24-16(22)12-15-17(13-8-4-2-5-9-13)20-19(25-15)21-18(23)14-10-6-3-7-11-14/h2,4-5,8-9,14H,3,6-7,10-12H2,1H3,(H,20,21,23). The number of carbonyl (C=O) groups is 2. The molecule has 0 radical (unpaired) electrons. The number of aromatic nitrogens is 1. The summed E-state index contributed by atoms with van der Waals surface area (Å²) in [6, 6.07) is 9.68. The van der Waals surface area contributed by atoms with Crippen molar-refractivity contribution in [1.82, 2.24) is 4.98 Å². The molecule has 0 aliphatic heterocycles. The summed E-state index contributed by atoms with van der Waals surface area (Å²) in [6.45, 7) is 0. The van der Waals surface area contributed by atoms with Crippen LogP contribution in [0.1, 0.15) is 37.0 Å². The molecule has 1 N–H and O–H groups in total. The fourth-order valence-electron chi connectivity index (χ4n) is 3.12. The van der Waals surface area contributed by atoms with Gasteiger partial charge in [0, 0.05) is 16.4 Å². The van der Waals surface area contributed by atoms with Crippen LogP contribution in [0, 0.1) is 5.92 Å². The normalized spacial score (nSPS) is 14.9. The average Bonchev–Trinajstić information content (AvgIpc) is 3.05. The largest absolute Gasteiger partial charge is 0.469 e. The summed E-state index contributed by atoms with van der Waals surface area (Å²) >= 11 is 1.35. The minimum absolute atomic E-state index is 0.0395. The van der Waals surface area contributed by atoms with Crippen molar-refractivity contribution < 1.29 is 14.3 Å². The Morgan fingerprint density at radius 3 is 2.60 bits per heavy atom. The Balaban J connectivity index is 1.82. The molecule has 3 rings (SSSR count). The van der Waals surface area contributed by atoms with Gasteiger partial charge in [-0.15, -0.1) is 11.3 Å². The van der Waals surface area contributed by atoms with E-state index in [9.17, 15) is 9.59 Å². The van der Waals surface area contributed by atoms with E-state index in [1.807, 2.05) is 30.3 Å². The van der Waals surface area contributed by atoms with E-state index in [0.717, 1.165) is 41.8 Å². The molecule has 6 heteroatoms. The van der Waals surface area contributed by atoms with Crippen molar-refractivity contribution >= 4 is 28.3 Å². The van der Waals surface area contributed by atoms with E-state index < -0.39 is 0 Å². The Kier molecular flexibility index (Phi) is 5.81. The number of anilines is 1. The van der Waals surface area contributed by atoms with Crippen LogP contribution in [0.3, 0.4) is 0 Å². The Morgan fingerprint density at radius 1 is 1.20 bits per heavy atom. The van der Waals surface area contributed by atoms with E-state index in [0.29, 0.717) is 5.13 Å². The first-order valence-electron chi connectivity index (χ1n) is 8.60. The molecule has 132 valence electrons. The second kappa shape index (κ2) is 8.25. The summed E-state index contributed by atoms with van der Waals surface area (Å²) in [4.78, 5) is 29.6. The molecule has 1 aliphatic rings. The lowest BCUT2D eigenvalue weighted by Crippen LogP contribution is -2.24. The second-order valence-corrected chi connectivity index (χ2v) is 7.32. The number of hydrogen-bond acceptors (Lipinski definition) is 5. The van der Waals surface area contributed by atoms with Gasteiger partial charge in [0.25, 0.3) is 0 Å². The lowest BCUT2D eigenvalue weighted by Gasteiger charge is -2.19. The number of ether oxygens (including phenoxy) is 1. The molecule has 2 aromatic rings. The molecule has 1 saturated carbocycles. The van der Waals surface area contributed by atoms with Crippen LogP contribution in [-0.2, 0) is 20.7 Å². The molecule has 25 heavy (non-hydrogen) atoms. The summed E-state index contributed by atoms with van der Waals surface area (Å²) in [5, 5.41) is 3.50. The molecule has 1 amide bonds. The number of esters is 1. The van der Waals surface area contributed by atoms with Gasteiger partial charge in [-0.25, -0.2) is 4.98 Å². The Hall–Kier alpha value is -2.21. The Bertz CT molecular complexity index is 736. The number of hydrogen-bond donors (Lipinski definition) is 1. The van der Waals surface area contributed by atoms with Crippen LogP contribution < -0.4 is 5.32 Å². The number of rotatable bonds is 5. The molecule has 1 aliphatic carbocycles. The van der Waals surface area contributed by atoms with E-state index in [1.165, 1.54) is 24.9 Å². The third-order valence-corrected chi connectivity index (χ3v) is 5.45. The maximum atomic E-state index is 12.5. The van der Waals surface area contributed by atoms with Crippen molar-refractivity contribution in [1.29, 1.82) is 0 Å². The first-order valence-corrected chi connectivity index (χ1v) is 9.42. The maximum Gasteiger partial charge on any atom is 0.310 e. The van der Waals surface area contributed by atoms with Crippen LogP contribution in [0.5, 0.6) is 0 Å². The number of nitrogens with zero attached hydrogens (tertiary/aromatic N) is 1. The molecule has 0 saturated heterocycles. The predicted molar refractivity (Wildman–Crippen MR) is 98.5 cm³/mol. The van der Waals surface area contributed by atoms with Gasteiger partial charge < -0.3 is 10.1 Å². The van der Waals surface area contributed by atoms with Gasteiger partial charge in [-0.1, -0.05) is 49.6 Å². The van der Waals surface area contributed by atoms with Crippen LogP contribution in [0.4, 0.5) is 5.13 Å². The predicted octanol–water partition coefficient (Wildman–Crippen LogP) is 4.04. The van der Waals surface area contributed by atoms with Gasteiger partial charge in [0.05, 0.1) is 19.2 Å². The first-order chi connectivity index (χ1) is 12.2. The van der Waals surface area contributed by atoms with Crippen molar-refractivity contribution in [3.63, 3.8) is 0 Å². The zero-order valence-corrected chi connectivity index (χ0v) is 15.1. The van der Waals surface area contributed by atoms with Crippen LogP contribution in [0.2, 0.25) is 0 Å². The third-order valence-electron chi connectivity index (χ3n) is 4.48. The monoisotopic (exact) mass is 358 g/mol. The second-order valence-electron chi connectivity index (χ2n) is 6.23. The van der Waals surface area contributed by atoms with Crippen LogP contribution >= 0.6 is 11.3 Å². The Labute approximate surface area is 151 Å². The molecule has 0 bridgehead atoms. The smallest absolute Gasteiger partial charge is 0.310 e. The zero-order valence-electron chi connectivity index (χ0n) is 14.3. The summed E-state index contributed by atoms with van der Waals surface area (Å²) in [6.07, 6.45) is 5.47. The number of thiazole rings is 1. The number of amides is 1. The molecule has 0 spiro atoms.